The molecule has 0 aromatic heterocycles. The molecule has 0 bridgehead atoms. The molecule has 0 unspecified atom stereocenters. The lowest BCUT2D eigenvalue weighted by Gasteiger charge is -2.03. The number of carboxylic acid groups (broad SMARTS) is 1. The fraction of sp³-hybridized carbons (Fsp3) is 0.875. The number of hydrogen-bond donors (Lipinski definition) is 1. The number of unbranched alkanes of at least 4 members (excludes halogenated alkanes) is 9. The first-order valence-corrected chi connectivity index (χ1v) is 9.43. The van der Waals surface area contributed by atoms with Crippen molar-refractivity contribution >= 4 is 34.1 Å². The predicted molar refractivity (Wildman–Crippen MR) is 93.8 cm³/mol. The number of hydrogen-bond acceptors (Lipinski definition) is 3. The summed E-state index contributed by atoms with van der Waals surface area (Å²) in [5.74, 6) is -0.120. The molecule has 0 radical (unpaired) electrons. The van der Waals surface area contributed by atoms with E-state index in [1.54, 1.807) is 0 Å². The van der Waals surface area contributed by atoms with Gasteiger partial charge < -0.3 is 5.11 Å². The van der Waals surface area contributed by atoms with Crippen LogP contribution in [0.4, 0.5) is 0 Å². The standard InChI is InChI=1S/C16H30O2S2/c1-2-3-4-5-6-7-8-9-10-11-12-16(19)20-14-13-15(17)18/h2-14H2,1H3,(H,17,18). The molecule has 0 aliphatic carbocycles. The van der Waals surface area contributed by atoms with Crippen molar-refractivity contribution in [2.24, 2.45) is 0 Å². The van der Waals surface area contributed by atoms with Gasteiger partial charge in [-0.25, -0.2) is 0 Å². The molecule has 0 amide bonds. The Morgan fingerprint density at radius 2 is 1.40 bits per heavy atom. The zero-order valence-corrected chi connectivity index (χ0v) is 14.5. The van der Waals surface area contributed by atoms with Crippen LogP contribution in [0.25, 0.3) is 0 Å². The number of carbonyl (C=O) groups is 1. The summed E-state index contributed by atoms with van der Waals surface area (Å²) in [5, 5.41) is 8.53. The van der Waals surface area contributed by atoms with E-state index in [-0.39, 0.29) is 6.42 Å². The lowest BCUT2D eigenvalue weighted by Crippen LogP contribution is -1.98. The quantitative estimate of drug-likeness (QED) is 0.323. The van der Waals surface area contributed by atoms with Crippen molar-refractivity contribution in [3.05, 3.63) is 0 Å². The normalized spacial score (nSPS) is 10.7. The molecule has 0 aromatic carbocycles. The average Bonchev–Trinajstić information content (AvgIpc) is 2.40. The highest BCUT2D eigenvalue weighted by Gasteiger charge is 2.01. The Balaban J connectivity index is 3.15. The van der Waals surface area contributed by atoms with Crippen LogP contribution in [0, 0.1) is 0 Å². The van der Waals surface area contributed by atoms with E-state index < -0.39 is 5.97 Å². The maximum absolute atomic E-state index is 10.4. The Morgan fingerprint density at radius 1 is 0.900 bits per heavy atom. The van der Waals surface area contributed by atoms with E-state index in [9.17, 15) is 4.79 Å². The van der Waals surface area contributed by atoms with Gasteiger partial charge in [-0.2, -0.15) is 0 Å². The van der Waals surface area contributed by atoms with Crippen LogP contribution in [0.15, 0.2) is 0 Å². The molecule has 0 spiro atoms. The third kappa shape index (κ3) is 16.0. The third-order valence-electron chi connectivity index (χ3n) is 3.31. The van der Waals surface area contributed by atoms with Crippen LogP contribution >= 0.6 is 24.0 Å². The van der Waals surface area contributed by atoms with Crippen LogP contribution in [0.3, 0.4) is 0 Å². The second-order valence-corrected chi connectivity index (χ2v) is 7.24. The van der Waals surface area contributed by atoms with Crippen LogP contribution in [0.2, 0.25) is 0 Å². The van der Waals surface area contributed by atoms with Crippen LogP contribution in [-0.2, 0) is 4.79 Å². The van der Waals surface area contributed by atoms with E-state index in [0.29, 0.717) is 5.75 Å². The maximum atomic E-state index is 10.4. The number of thiocarbonyl (C=S) groups is 1. The fourth-order valence-corrected chi connectivity index (χ4v) is 3.27. The summed E-state index contributed by atoms with van der Waals surface area (Å²) in [6, 6.07) is 0. The highest BCUT2D eigenvalue weighted by Crippen LogP contribution is 2.15. The van der Waals surface area contributed by atoms with Crippen LogP contribution < -0.4 is 0 Å². The van der Waals surface area contributed by atoms with Crippen molar-refractivity contribution in [3.63, 3.8) is 0 Å². The van der Waals surface area contributed by atoms with Crippen molar-refractivity contribution in [2.45, 2.75) is 84.0 Å². The summed E-state index contributed by atoms with van der Waals surface area (Å²) in [5.41, 5.74) is 0. The minimum absolute atomic E-state index is 0.211. The first-order valence-electron chi connectivity index (χ1n) is 8.04. The van der Waals surface area contributed by atoms with Gasteiger partial charge in [-0.3, -0.25) is 4.79 Å². The summed E-state index contributed by atoms with van der Waals surface area (Å²) in [7, 11) is 0. The summed E-state index contributed by atoms with van der Waals surface area (Å²) < 4.78 is 0.978. The van der Waals surface area contributed by atoms with E-state index in [4.69, 9.17) is 17.3 Å². The SMILES string of the molecule is CCCCCCCCCCCCC(=S)SCCC(=O)O. The molecule has 0 saturated carbocycles. The van der Waals surface area contributed by atoms with Gasteiger partial charge in [0.05, 0.1) is 6.42 Å². The molecule has 2 nitrogen and oxygen atoms in total. The van der Waals surface area contributed by atoms with Crippen molar-refractivity contribution in [1.29, 1.82) is 0 Å². The first kappa shape index (κ1) is 19.9. The fourth-order valence-electron chi connectivity index (χ4n) is 2.08. The van der Waals surface area contributed by atoms with E-state index in [2.05, 4.69) is 6.92 Å². The second-order valence-electron chi connectivity index (χ2n) is 5.30. The van der Waals surface area contributed by atoms with E-state index >= 15 is 0 Å². The summed E-state index contributed by atoms with van der Waals surface area (Å²) in [6.45, 7) is 2.25. The number of aliphatic carboxylic acids is 1. The van der Waals surface area contributed by atoms with Gasteiger partial charge in [-0.05, 0) is 12.8 Å². The van der Waals surface area contributed by atoms with Gasteiger partial charge in [0.1, 0.15) is 0 Å². The van der Waals surface area contributed by atoms with Gasteiger partial charge in [0.15, 0.2) is 0 Å². The smallest absolute Gasteiger partial charge is 0.304 e. The van der Waals surface area contributed by atoms with Gasteiger partial charge in [0.25, 0.3) is 0 Å². The van der Waals surface area contributed by atoms with Crippen molar-refractivity contribution < 1.29 is 9.90 Å². The molecule has 4 heteroatoms. The highest BCUT2D eigenvalue weighted by molar-refractivity contribution is 8.23. The predicted octanol–water partition coefficient (Wildman–Crippen LogP) is 5.83. The largest absolute Gasteiger partial charge is 0.481 e. The third-order valence-corrected chi connectivity index (χ3v) is 4.81. The number of thioether (sulfide) groups is 1. The van der Waals surface area contributed by atoms with Crippen LogP contribution in [0.5, 0.6) is 0 Å². The molecule has 20 heavy (non-hydrogen) atoms. The Hall–Kier alpha value is -0.0900. The molecular formula is C16H30O2S2. The number of rotatable bonds is 14. The zero-order chi connectivity index (χ0) is 15.1. The summed E-state index contributed by atoms with van der Waals surface area (Å²) >= 11 is 6.77. The van der Waals surface area contributed by atoms with Gasteiger partial charge in [0, 0.05) is 9.95 Å². The maximum Gasteiger partial charge on any atom is 0.304 e. The average molecular weight is 319 g/mol. The molecule has 0 aliphatic heterocycles. The molecule has 1 N–H and O–H groups in total. The van der Waals surface area contributed by atoms with Gasteiger partial charge in [-0.15, -0.1) is 11.8 Å². The van der Waals surface area contributed by atoms with Crippen molar-refractivity contribution in [2.75, 3.05) is 5.75 Å². The molecular weight excluding hydrogens is 288 g/mol. The van der Waals surface area contributed by atoms with Gasteiger partial charge in [0.2, 0.25) is 0 Å². The van der Waals surface area contributed by atoms with Crippen LogP contribution in [0.1, 0.15) is 84.0 Å². The topological polar surface area (TPSA) is 37.3 Å². The lowest BCUT2D eigenvalue weighted by atomic mass is 10.1. The Bertz CT molecular complexity index is 255. The van der Waals surface area contributed by atoms with Crippen molar-refractivity contribution in [1.82, 2.24) is 0 Å². The number of carboxylic acids is 1. The lowest BCUT2D eigenvalue weighted by molar-refractivity contribution is -0.136. The monoisotopic (exact) mass is 318 g/mol. The molecule has 0 fully saturated rings. The summed E-state index contributed by atoms with van der Waals surface area (Å²) in [4.78, 5) is 10.4. The minimum atomic E-state index is -0.737. The second kappa shape index (κ2) is 15.3. The molecule has 118 valence electrons. The Labute approximate surface area is 134 Å². The van der Waals surface area contributed by atoms with E-state index in [0.717, 1.165) is 17.0 Å². The first-order chi connectivity index (χ1) is 9.66. The van der Waals surface area contributed by atoms with Gasteiger partial charge in [-0.1, -0.05) is 76.9 Å². The molecule has 0 heterocycles. The Kier molecular flexibility index (Phi) is 15.2. The molecule has 0 aliphatic rings. The molecule has 0 rings (SSSR count). The van der Waals surface area contributed by atoms with Crippen molar-refractivity contribution in [3.8, 4) is 0 Å². The molecule has 0 aromatic rings. The van der Waals surface area contributed by atoms with Gasteiger partial charge >= 0.3 is 5.97 Å². The molecule has 0 atom stereocenters. The minimum Gasteiger partial charge on any atom is -0.481 e. The van der Waals surface area contributed by atoms with E-state index in [1.165, 1.54) is 69.5 Å². The summed E-state index contributed by atoms with van der Waals surface area (Å²) in [6.07, 6.45) is 14.5. The zero-order valence-electron chi connectivity index (χ0n) is 12.9. The van der Waals surface area contributed by atoms with Crippen LogP contribution in [-0.4, -0.2) is 21.0 Å². The molecule has 0 saturated heterocycles. The highest BCUT2D eigenvalue weighted by atomic mass is 32.2. The Morgan fingerprint density at radius 3 is 1.90 bits per heavy atom. The van der Waals surface area contributed by atoms with E-state index in [1.807, 2.05) is 0 Å².